The Morgan fingerprint density at radius 3 is 2.35 bits per heavy atom. The SMILES string of the molecule is CC(C)(C)C(=O)N(CC1CC1)c1ncc(C2(S(=O)(=O)c3cccc(C(F)(F)F)c3)CCOCC2)cc1Cl. The number of carbonyl (C=O) groups excluding carboxylic acids is 1. The fraction of sp³-hybridized carbons (Fsp3) is 0.538. The van der Waals surface area contributed by atoms with Gasteiger partial charge in [0.1, 0.15) is 4.75 Å². The lowest BCUT2D eigenvalue weighted by molar-refractivity contribution is -0.137. The second kappa shape index (κ2) is 9.85. The van der Waals surface area contributed by atoms with Crippen molar-refractivity contribution in [2.45, 2.75) is 62.3 Å². The normalized spacial score (nSPS) is 18.5. The van der Waals surface area contributed by atoms with Crippen LogP contribution in [-0.4, -0.2) is 39.1 Å². The van der Waals surface area contributed by atoms with Gasteiger partial charge in [-0.15, -0.1) is 0 Å². The number of nitrogens with zero attached hydrogens (tertiary/aromatic N) is 2. The Balaban J connectivity index is 1.79. The fourth-order valence-corrected chi connectivity index (χ4v) is 6.97. The maximum absolute atomic E-state index is 14.0. The van der Waals surface area contributed by atoms with E-state index in [1.54, 1.807) is 25.7 Å². The smallest absolute Gasteiger partial charge is 0.381 e. The number of rotatable bonds is 6. The zero-order valence-corrected chi connectivity index (χ0v) is 22.5. The molecule has 0 spiro atoms. The van der Waals surface area contributed by atoms with E-state index in [1.165, 1.54) is 18.3 Å². The molecule has 0 atom stereocenters. The standard InChI is InChI=1S/C26H30ClF3N2O4S/c1-24(2,3)23(33)32(16-17-7-8-17)22-21(27)14-19(15-31-22)25(9-11-36-12-10-25)37(34,35)20-6-4-5-18(13-20)26(28,29)30/h4-6,13-15,17H,7-12,16H2,1-3H3. The number of carbonyl (C=O) groups is 1. The zero-order valence-electron chi connectivity index (χ0n) is 20.9. The van der Waals surface area contributed by atoms with E-state index >= 15 is 0 Å². The third-order valence-electron chi connectivity index (χ3n) is 6.91. The van der Waals surface area contributed by atoms with Crippen LogP contribution in [0.5, 0.6) is 0 Å². The molecule has 2 heterocycles. The highest BCUT2D eigenvalue weighted by Crippen LogP contribution is 2.46. The van der Waals surface area contributed by atoms with Gasteiger partial charge in [0.2, 0.25) is 5.91 Å². The lowest BCUT2D eigenvalue weighted by Gasteiger charge is -2.37. The minimum absolute atomic E-state index is 0.0235. The van der Waals surface area contributed by atoms with Gasteiger partial charge in [-0.3, -0.25) is 9.69 Å². The molecule has 0 N–H and O–H groups in total. The quantitative estimate of drug-likeness (QED) is 0.433. The van der Waals surface area contributed by atoms with E-state index in [4.69, 9.17) is 16.3 Å². The summed E-state index contributed by atoms with van der Waals surface area (Å²) in [7, 11) is -4.32. The molecule has 11 heteroatoms. The molecule has 6 nitrogen and oxygen atoms in total. The van der Waals surface area contributed by atoms with Gasteiger partial charge in [0.25, 0.3) is 0 Å². The Hall–Kier alpha value is -2.17. The van der Waals surface area contributed by atoms with Gasteiger partial charge in [0.15, 0.2) is 15.7 Å². The number of amides is 1. The van der Waals surface area contributed by atoms with E-state index in [0.717, 1.165) is 25.0 Å². The van der Waals surface area contributed by atoms with Crippen molar-refractivity contribution in [3.8, 4) is 0 Å². The molecule has 1 aromatic carbocycles. The van der Waals surface area contributed by atoms with Gasteiger partial charge in [0, 0.05) is 31.4 Å². The first-order chi connectivity index (χ1) is 17.2. The van der Waals surface area contributed by atoms with E-state index in [2.05, 4.69) is 4.98 Å². The molecule has 1 aliphatic carbocycles. The second-order valence-electron chi connectivity index (χ2n) is 10.8. The average molecular weight is 559 g/mol. The predicted molar refractivity (Wildman–Crippen MR) is 134 cm³/mol. The van der Waals surface area contributed by atoms with Gasteiger partial charge in [0.05, 0.1) is 15.5 Å². The summed E-state index contributed by atoms with van der Waals surface area (Å²) in [5.74, 6) is 0.446. The van der Waals surface area contributed by atoms with Gasteiger partial charge in [-0.2, -0.15) is 13.2 Å². The van der Waals surface area contributed by atoms with Crippen LogP contribution in [0.3, 0.4) is 0 Å². The topological polar surface area (TPSA) is 76.6 Å². The van der Waals surface area contributed by atoms with Gasteiger partial charge in [-0.25, -0.2) is 13.4 Å². The number of aromatic nitrogens is 1. The zero-order chi connectivity index (χ0) is 27.2. The molecule has 2 aromatic rings. The molecule has 202 valence electrons. The van der Waals surface area contributed by atoms with E-state index in [0.29, 0.717) is 18.5 Å². The van der Waals surface area contributed by atoms with E-state index < -0.39 is 36.6 Å². The molecule has 37 heavy (non-hydrogen) atoms. The van der Waals surface area contributed by atoms with Crippen LogP contribution in [0, 0.1) is 11.3 Å². The minimum Gasteiger partial charge on any atom is -0.381 e. The van der Waals surface area contributed by atoms with Crippen molar-refractivity contribution < 1.29 is 31.1 Å². The van der Waals surface area contributed by atoms with Crippen LogP contribution in [0.15, 0.2) is 41.4 Å². The molecule has 0 unspecified atom stereocenters. The number of benzene rings is 1. The Bertz CT molecular complexity index is 1280. The Kier molecular flexibility index (Phi) is 7.42. The van der Waals surface area contributed by atoms with Crippen molar-refractivity contribution >= 4 is 33.2 Å². The molecule has 2 fully saturated rings. The molecular weight excluding hydrogens is 529 g/mol. The molecule has 4 rings (SSSR count). The van der Waals surface area contributed by atoms with E-state index in [1.807, 2.05) is 0 Å². The Labute approximate surface area is 220 Å². The molecule has 0 radical (unpaired) electrons. The highest BCUT2D eigenvalue weighted by atomic mass is 35.5. The van der Waals surface area contributed by atoms with Crippen molar-refractivity contribution in [3.05, 3.63) is 52.7 Å². The molecule has 1 amide bonds. The van der Waals surface area contributed by atoms with E-state index in [-0.39, 0.29) is 48.4 Å². The molecule has 2 aliphatic rings. The third kappa shape index (κ3) is 5.52. The van der Waals surface area contributed by atoms with Crippen LogP contribution in [0.4, 0.5) is 19.0 Å². The van der Waals surface area contributed by atoms with Crippen molar-refractivity contribution in [1.82, 2.24) is 4.98 Å². The number of hydrogen-bond acceptors (Lipinski definition) is 5. The Morgan fingerprint density at radius 2 is 1.81 bits per heavy atom. The summed E-state index contributed by atoms with van der Waals surface area (Å²) in [4.78, 5) is 18.8. The predicted octanol–water partition coefficient (Wildman–Crippen LogP) is 6.02. The summed E-state index contributed by atoms with van der Waals surface area (Å²) in [5, 5.41) is 0.112. The van der Waals surface area contributed by atoms with Crippen LogP contribution < -0.4 is 4.90 Å². The number of pyridine rings is 1. The summed E-state index contributed by atoms with van der Waals surface area (Å²) < 4.78 is 71.8. The second-order valence-corrected chi connectivity index (χ2v) is 13.4. The van der Waals surface area contributed by atoms with Gasteiger partial charge in [-0.1, -0.05) is 38.4 Å². The summed E-state index contributed by atoms with van der Waals surface area (Å²) >= 11 is 6.65. The highest BCUT2D eigenvalue weighted by molar-refractivity contribution is 7.92. The lowest BCUT2D eigenvalue weighted by Crippen LogP contribution is -2.43. The highest BCUT2D eigenvalue weighted by Gasteiger charge is 2.48. The first-order valence-electron chi connectivity index (χ1n) is 12.1. The lowest BCUT2D eigenvalue weighted by atomic mass is 9.91. The number of sulfone groups is 1. The Morgan fingerprint density at radius 1 is 1.16 bits per heavy atom. The number of ether oxygens (including phenoxy) is 1. The van der Waals surface area contributed by atoms with Crippen molar-refractivity contribution in [1.29, 1.82) is 0 Å². The van der Waals surface area contributed by atoms with Crippen molar-refractivity contribution in [2.24, 2.45) is 11.3 Å². The first-order valence-corrected chi connectivity index (χ1v) is 14.0. The molecule has 1 aliphatic heterocycles. The number of alkyl halides is 3. The first kappa shape index (κ1) is 27.9. The number of anilines is 1. The summed E-state index contributed by atoms with van der Waals surface area (Å²) in [5.41, 5.74) is -1.47. The third-order valence-corrected chi connectivity index (χ3v) is 9.74. The molecular formula is C26H30ClF3N2O4S. The van der Waals surface area contributed by atoms with Gasteiger partial charge in [-0.05, 0) is 61.4 Å². The van der Waals surface area contributed by atoms with E-state index in [9.17, 15) is 26.4 Å². The molecule has 1 saturated heterocycles. The summed E-state index contributed by atoms with van der Waals surface area (Å²) in [6.07, 6.45) is -1.26. The van der Waals surface area contributed by atoms with Gasteiger partial charge < -0.3 is 4.74 Å². The van der Waals surface area contributed by atoms with Crippen LogP contribution in [-0.2, 0) is 30.3 Å². The largest absolute Gasteiger partial charge is 0.416 e. The molecule has 1 saturated carbocycles. The number of halogens is 4. The van der Waals surface area contributed by atoms with Crippen LogP contribution in [0.25, 0.3) is 0 Å². The maximum Gasteiger partial charge on any atom is 0.416 e. The van der Waals surface area contributed by atoms with Crippen molar-refractivity contribution in [3.63, 3.8) is 0 Å². The average Bonchev–Trinajstić information content (AvgIpc) is 3.66. The maximum atomic E-state index is 14.0. The monoisotopic (exact) mass is 558 g/mol. The minimum atomic E-state index is -4.69. The van der Waals surface area contributed by atoms with Crippen molar-refractivity contribution in [2.75, 3.05) is 24.7 Å². The fourth-order valence-electron chi connectivity index (χ4n) is 4.59. The van der Waals surface area contributed by atoms with Gasteiger partial charge >= 0.3 is 6.18 Å². The summed E-state index contributed by atoms with van der Waals surface area (Å²) in [6, 6.07) is 5.24. The molecule has 1 aromatic heterocycles. The van der Waals surface area contributed by atoms with Crippen LogP contribution in [0.1, 0.15) is 57.6 Å². The number of hydrogen-bond donors (Lipinski definition) is 0. The summed E-state index contributed by atoms with van der Waals surface area (Å²) in [6.45, 7) is 6.08. The van der Waals surface area contributed by atoms with Crippen LogP contribution >= 0.6 is 11.6 Å². The molecule has 0 bridgehead atoms. The van der Waals surface area contributed by atoms with Crippen LogP contribution in [0.2, 0.25) is 5.02 Å².